The number of aliphatic hydroxyl groups is 11. The molecule has 22 fully saturated rings. The molecule has 22 rings (SSSR count). The number of carbonyl (C=O) groups excluding carboxylic acids is 1. The predicted molar refractivity (Wildman–Crippen MR) is 408 cm³/mol. The van der Waals surface area contributed by atoms with Crippen LogP contribution in [0.3, 0.4) is 0 Å². The van der Waals surface area contributed by atoms with Crippen LogP contribution in [0.15, 0.2) is 0 Å². The molecule has 12 bridgehead atoms. The first-order valence-electron chi connectivity index (χ1n) is 40.5. The van der Waals surface area contributed by atoms with E-state index >= 15 is 0 Å². The normalized spacial score (nSPS) is 38.8. The minimum Gasteiger partial charge on any atom is -0.387 e. The molecule has 0 aromatic heterocycles. The number of amides is 1. The molecule has 30 nitrogen and oxygen atoms in total. The summed E-state index contributed by atoms with van der Waals surface area (Å²) in [6, 6.07) is 0. The Kier molecular flexibility index (Phi) is 36.5. The lowest BCUT2D eigenvalue weighted by Gasteiger charge is -2.52. The zero-order chi connectivity index (χ0) is 82.7. The molecule has 22 aliphatic rings. The number of aliphatic hydroxyl groups excluding tert-OH is 11. The summed E-state index contributed by atoms with van der Waals surface area (Å²) in [7, 11) is 0. The Hall–Kier alpha value is -1.30. The Morgan fingerprint density at radius 2 is 0.550 bits per heavy atom. The first-order valence-corrected chi connectivity index (χ1v) is 41.6. The first-order chi connectivity index (χ1) is 51.4. The SMILES string of the molecule is CC(C)(C)CCOCCOCCOCCOCCC(=O)NCCSCCCOC1C(O)C2OC(CC(C)(C)C)C1OC1OC(CC(C)(C)C)C(OC3OC(CC(C)(C)C)C(OC4OC(CC(C)(C)C)C(OC5OC(CC(C)(C)C)C(OC6OC(CC(C)(C)C)C(O2)C(O)C6O)C(O)C5O)C(O)C4O)C(O)C3O)C(O)C1O. The van der Waals surface area contributed by atoms with Crippen molar-refractivity contribution >= 4 is 17.7 Å². The van der Waals surface area contributed by atoms with Gasteiger partial charge in [-0.15, -0.1) is 0 Å². The molecule has 0 saturated carbocycles. The second-order valence-electron chi connectivity index (χ2n) is 40.0. The van der Waals surface area contributed by atoms with Gasteiger partial charge in [-0.2, -0.15) is 11.8 Å². The lowest BCUT2D eigenvalue weighted by Crippen LogP contribution is -2.68. The molecule has 0 aliphatic carbocycles. The molecular formula is C80H147NO29S. The molecule has 31 heteroatoms. The maximum absolute atomic E-state index is 12.9. The molecular weight excluding hydrogens is 1470 g/mol. The lowest BCUT2D eigenvalue weighted by atomic mass is 9.82. The first kappa shape index (κ1) is 96.8. The molecule has 111 heavy (non-hydrogen) atoms. The van der Waals surface area contributed by atoms with Crippen molar-refractivity contribution in [1.82, 2.24) is 5.32 Å². The van der Waals surface area contributed by atoms with Gasteiger partial charge in [0.1, 0.15) is 110 Å². The average molecular weight is 1620 g/mol. The van der Waals surface area contributed by atoms with Crippen LogP contribution in [0.5, 0.6) is 0 Å². The van der Waals surface area contributed by atoms with E-state index in [0.29, 0.717) is 70.7 Å². The summed E-state index contributed by atoms with van der Waals surface area (Å²) in [5.41, 5.74) is -3.17. The zero-order valence-electron chi connectivity index (χ0n) is 70.3. The molecule has 0 spiro atoms. The van der Waals surface area contributed by atoms with Gasteiger partial charge in [-0.1, -0.05) is 145 Å². The maximum atomic E-state index is 12.9. The highest BCUT2D eigenvalue weighted by molar-refractivity contribution is 7.99. The molecule has 12 N–H and O–H groups in total. The van der Waals surface area contributed by atoms with E-state index in [1.807, 2.05) is 125 Å². The largest absolute Gasteiger partial charge is 0.387 e. The number of rotatable bonds is 28. The van der Waals surface area contributed by atoms with Crippen molar-refractivity contribution in [2.45, 2.75) is 387 Å². The van der Waals surface area contributed by atoms with Gasteiger partial charge < -0.3 is 142 Å². The van der Waals surface area contributed by atoms with Gasteiger partial charge in [-0.25, -0.2) is 0 Å². The van der Waals surface area contributed by atoms with Gasteiger partial charge in [0.05, 0.1) is 82.9 Å². The summed E-state index contributed by atoms with van der Waals surface area (Å²) in [5, 5.41) is 139. The van der Waals surface area contributed by atoms with E-state index in [4.69, 9.17) is 80.5 Å². The van der Waals surface area contributed by atoms with E-state index < -0.39 is 217 Å². The van der Waals surface area contributed by atoms with Crippen molar-refractivity contribution in [3.63, 3.8) is 0 Å². The van der Waals surface area contributed by atoms with Crippen LogP contribution >= 0.6 is 11.8 Å². The fourth-order valence-corrected chi connectivity index (χ4v) is 15.7. The Balaban J connectivity index is 1.17. The van der Waals surface area contributed by atoms with Crippen LogP contribution in [-0.4, -0.2) is 324 Å². The van der Waals surface area contributed by atoms with Crippen molar-refractivity contribution in [3.8, 4) is 0 Å². The Labute approximate surface area is 664 Å². The highest BCUT2D eigenvalue weighted by Crippen LogP contribution is 2.45. The number of nitrogens with one attached hydrogen (secondary N) is 1. The van der Waals surface area contributed by atoms with Crippen LogP contribution in [-0.2, 0) is 85.3 Å². The van der Waals surface area contributed by atoms with Gasteiger partial charge in [-0.3, -0.25) is 4.79 Å². The van der Waals surface area contributed by atoms with Crippen LogP contribution in [0, 0.1) is 37.9 Å². The van der Waals surface area contributed by atoms with Gasteiger partial charge in [0, 0.05) is 31.9 Å². The molecule has 0 aromatic carbocycles. The van der Waals surface area contributed by atoms with E-state index in [0.717, 1.165) is 6.42 Å². The predicted octanol–water partition coefficient (Wildman–Crippen LogP) is 4.77. The zero-order valence-corrected chi connectivity index (χ0v) is 71.2. The maximum Gasteiger partial charge on any atom is 0.222 e. The van der Waals surface area contributed by atoms with Crippen molar-refractivity contribution in [2.24, 2.45) is 37.9 Å². The van der Waals surface area contributed by atoms with Crippen molar-refractivity contribution in [3.05, 3.63) is 0 Å². The third-order valence-electron chi connectivity index (χ3n) is 20.3. The Bertz CT molecular complexity index is 2670. The van der Waals surface area contributed by atoms with Gasteiger partial charge in [0.25, 0.3) is 0 Å². The third-order valence-corrected chi connectivity index (χ3v) is 21.4. The quantitative estimate of drug-likeness (QED) is 0.0470. The number of hydrogen-bond donors (Lipinski definition) is 12. The van der Waals surface area contributed by atoms with Crippen molar-refractivity contribution in [1.29, 1.82) is 0 Å². The van der Waals surface area contributed by atoms with Crippen LogP contribution in [0.1, 0.15) is 203 Å². The molecule has 0 radical (unpaired) electrons. The molecule has 22 saturated heterocycles. The van der Waals surface area contributed by atoms with Gasteiger partial charge in [0.15, 0.2) is 37.7 Å². The number of ether oxygens (including phenoxy) is 17. The molecule has 0 aromatic rings. The standard InChI is InChI=1S/C80H147NO29S/c1-74(2,3)24-28-95-30-32-97-34-33-96-31-29-94-27-23-49(82)81-25-36-111-35-22-26-98-67-60(93)73-104-48(42-80(19,20)21)66(67)110-72-59(92)54(87)64(46(103-72)40-78(13,14)15)108-70-57(90)52(85)62(44(101-70)38-76(7,8)9)106-68-55(88)50(83)61(43(99-68)37-75(4,5)6)105-69-56(89)51(84)63(45(100-69)39-77(10,11)12)107-71-58(91)53(86)65(109-73)47(102-71)41-79(16,17)18/h43-48,50-73,83-93H,22-42H2,1-21H3,(H,81,82). The molecule has 1 amide bonds. The minimum absolute atomic E-state index is 0.0241. The average Bonchev–Trinajstić information content (AvgIpc) is 0.765. The molecule has 22 aliphatic heterocycles. The summed E-state index contributed by atoms with van der Waals surface area (Å²) in [4.78, 5) is 12.8. The van der Waals surface area contributed by atoms with Crippen LogP contribution < -0.4 is 5.32 Å². The number of hydrogen-bond acceptors (Lipinski definition) is 30. The highest BCUT2D eigenvalue weighted by atomic mass is 32.2. The second kappa shape index (κ2) is 41.8. The summed E-state index contributed by atoms with van der Waals surface area (Å²) in [5.74, 6) is 0.948. The van der Waals surface area contributed by atoms with E-state index in [2.05, 4.69) is 26.1 Å². The van der Waals surface area contributed by atoms with Gasteiger partial charge in [0.2, 0.25) is 5.91 Å². The summed E-state index contributed by atoms with van der Waals surface area (Å²) in [6.07, 6.45) is -45.1. The third kappa shape index (κ3) is 30.4. The van der Waals surface area contributed by atoms with E-state index in [1.54, 1.807) is 11.8 Å². The minimum atomic E-state index is -1.93. The second-order valence-corrected chi connectivity index (χ2v) is 41.2. The monoisotopic (exact) mass is 1620 g/mol. The topological polar surface area (TPSA) is 409 Å². The highest BCUT2D eigenvalue weighted by Gasteiger charge is 2.60. The molecule has 30 atom stereocenters. The van der Waals surface area contributed by atoms with Gasteiger partial charge in [-0.05, 0) is 95.0 Å². The van der Waals surface area contributed by atoms with Crippen molar-refractivity contribution in [2.75, 3.05) is 77.5 Å². The summed E-state index contributed by atoms with van der Waals surface area (Å²) < 4.78 is 109. The van der Waals surface area contributed by atoms with E-state index in [-0.39, 0.29) is 69.5 Å². The van der Waals surface area contributed by atoms with E-state index in [9.17, 15) is 61.0 Å². The Morgan fingerprint density at radius 1 is 0.297 bits per heavy atom. The fraction of sp³-hybridized carbons (Fsp3) is 0.988. The van der Waals surface area contributed by atoms with Crippen molar-refractivity contribution < 1.29 is 141 Å². The number of thioether (sulfide) groups is 1. The lowest BCUT2D eigenvalue weighted by molar-refractivity contribution is -0.404. The van der Waals surface area contributed by atoms with Crippen LogP contribution in [0.25, 0.3) is 0 Å². The summed E-state index contributed by atoms with van der Waals surface area (Å²) >= 11 is 1.56. The smallest absolute Gasteiger partial charge is 0.222 e. The van der Waals surface area contributed by atoms with Crippen LogP contribution in [0.4, 0.5) is 0 Å². The molecule has 30 unspecified atom stereocenters. The van der Waals surface area contributed by atoms with E-state index in [1.165, 1.54) is 0 Å². The number of carbonyl (C=O) groups is 1. The Morgan fingerprint density at radius 3 is 0.829 bits per heavy atom. The van der Waals surface area contributed by atoms with Crippen LogP contribution in [0.2, 0.25) is 0 Å². The fourth-order valence-electron chi connectivity index (χ4n) is 15.0. The molecule has 22 heterocycles. The van der Waals surface area contributed by atoms with Gasteiger partial charge >= 0.3 is 0 Å². The molecule has 652 valence electrons. The summed E-state index contributed by atoms with van der Waals surface area (Å²) in [6.45, 7) is 45.1.